The number of aliphatic hydroxyl groups is 2. The maximum absolute atomic E-state index is 14.0. The number of nitrogens with zero attached hydrogens (tertiary/aromatic N) is 4. The SMILES string of the molecule is COc1c(CN2O[C@@H](CO)[C@H]([C@H](C)O)[C@H]2CC(=O)N[C@H]2C[C@H]3C[C@@H]([C@@H]2C)C3(C)C)cccc1-c1cc(C(=O)N[C@@H](CC2CCC=NC2)CN(C)C)cc(N(C)C)c1. The van der Waals surface area contributed by atoms with Crippen molar-refractivity contribution in [1.29, 1.82) is 0 Å². The highest BCUT2D eigenvalue weighted by Crippen LogP contribution is 2.61. The van der Waals surface area contributed by atoms with E-state index >= 15 is 0 Å². The van der Waals surface area contributed by atoms with Gasteiger partial charge in [-0.05, 0) is 112 Å². The maximum Gasteiger partial charge on any atom is 0.251 e. The average molecular weight is 789 g/mol. The summed E-state index contributed by atoms with van der Waals surface area (Å²) in [5.74, 6) is 1.98. The highest BCUT2D eigenvalue weighted by atomic mass is 16.7. The van der Waals surface area contributed by atoms with Crippen molar-refractivity contribution in [3.05, 3.63) is 47.5 Å². The van der Waals surface area contributed by atoms with Crippen LogP contribution in [-0.4, -0.2) is 124 Å². The molecule has 2 aromatic rings. The summed E-state index contributed by atoms with van der Waals surface area (Å²) >= 11 is 0. The Morgan fingerprint density at radius 2 is 1.91 bits per heavy atom. The van der Waals surface area contributed by atoms with E-state index in [0.717, 1.165) is 61.2 Å². The molecule has 4 fully saturated rings. The van der Waals surface area contributed by atoms with E-state index in [1.54, 1.807) is 19.1 Å². The molecule has 2 amide bonds. The van der Waals surface area contributed by atoms with Gasteiger partial charge < -0.3 is 35.4 Å². The van der Waals surface area contributed by atoms with E-state index in [1.165, 1.54) is 6.42 Å². The van der Waals surface area contributed by atoms with Gasteiger partial charge in [-0.25, -0.2) is 0 Å². The zero-order chi connectivity index (χ0) is 41.2. The number of anilines is 1. The number of likely N-dealkylation sites (N-methyl/N-ethyl adjacent to an activating group) is 1. The summed E-state index contributed by atoms with van der Waals surface area (Å²) in [7, 11) is 9.61. The van der Waals surface area contributed by atoms with Crippen LogP contribution in [0.3, 0.4) is 0 Å². The molecule has 57 heavy (non-hydrogen) atoms. The van der Waals surface area contributed by atoms with Gasteiger partial charge in [-0.3, -0.25) is 19.4 Å². The first-order valence-corrected chi connectivity index (χ1v) is 21.0. The van der Waals surface area contributed by atoms with E-state index < -0.39 is 24.2 Å². The minimum Gasteiger partial charge on any atom is -0.496 e. The number of hydrogen-bond acceptors (Lipinski definition) is 10. The van der Waals surface area contributed by atoms with E-state index in [2.05, 4.69) is 47.4 Å². The van der Waals surface area contributed by atoms with Gasteiger partial charge in [0.2, 0.25) is 5.91 Å². The fourth-order valence-corrected chi connectivity index (χ4v) is 10.4. The van der Waals surface area contributed by atoms with Crippen molar-refractivity contribution in [3.63, 3.8) is 0 Å². The van der Waals surface area contributed by atoms with Crippen LogP contribution in [0.1, 0.15) is 82.1 Å². The van der Waals surface area contributed by atoms with Gasteiger partial charge in [0.1, 0.15) is 11.9 Å². The Bertz CT molecular complexity index is 1750. The van der Waals surface area contributed by atoms with Crippen molar-refractivity contribution >= 4 is 23.7 Å². The number of hydroxylamine groups is 2. The lowest BCUT2D eigenvalue weighted by Crippen LogP contribution is -2.61. The second kappa shape index (κ2) is 18.2. The number of rotatable bonds is 16. The van der Waals surface area contributed by atoms with Gasteiger partial charge in [0.25, 0.3) is 5.91 Å². The standard InChI is InChI=1S/C45H68N6O6/c1-27-37-20-33(45(37,3)4)21-38(27)48-41(54)22-39-42(28(2)53)40(26-52)57-51(39)24-30-13-10-14-36(43(30)56-9)31-17-32(19-35(18-31)50(7)8)44(55)47-34(25-49(5)6)16-29-12-11-15-46-23-29/h10,13-15,17-19,27-29,33-34,37-40,42,52-53H,11-12,16,20-26H2,1-9H3,(H,47,55)(H,48,54)/t27-,28-,29?,33+,34-,37-,38-,39+,40-,42+/m0/s1. The largest absolute Gasteiger partial charge is 0.496 e. The Kier molecular flexibility index (Phi) is 13.7. The first kappa shape index (κ1) is 43.0. The Morgan fingerprint density at radius 3 is 2.53 bits per heavy atom. The Balaban J connectivity index is 1.24. The molecule has 2 aromatic carbocycles. The van der Waals surface area contributed by atoms with Crippen LogP contribution in [0.15, 0.2) is 41.4 Å². The second-order valence-electron chi connectivity index (χ2n) is 18.4. The average Bonchev–Trinajstić information content (AvgIpc) is 3.51. The number of carbonyl (C=O) groups is 2. The predicted octanol–water partition coefficient (Wildman–Crippen LogP) is 5.01. The number of amides is 2. The summed E-state index contributed by atoms with van der Waals surface area (Å²) in [5, 5.41) is 29.8. The minimum atomic E-state index is -0.813. The highest BCUT2D eigenvalue weighted by Gasteiger charge is 2.56. The Morgan fingerprint density at radius 1 is 1.14 bits per heavy atom. The topological polar surface area (TPSA) is 139 Å². The zero-order valence-corrected chi connectivity index (χ0v) is 35.7. The number of hydrogen-bond donors (Lipinski definition) is 4. The van der Waals surface area contributed by atoms with Crippen molar-refractivity contribution in [2.45, 2.75) is 103 Å². The van der Waals surface area contributed by atoms with Gasteiger partial charge >= 0.3 is 0 Å². The number of benzene rings is 2. The summed E-state index contributed by atoms with van der Waals surface area (Å²) in [6.45, 7) is 10.2. The molecule has 0 aromatic heterocycles. The summed E-state index contributed by atoms with van der Waals surface area (Å²) in [6, 6.07) is 11.4. The molecule has 5 aliphatic rings. The number of fused-ring (bicyclic) bond motifs is 2. The third-order valence-electron chi connectivity index (χ3n) is 13.7. The number of carbonyl (C=O) groups excluding carboxylic acids is 2. The fraction of sp³-hybridized carbons (Fsp3) is 0.667. The van der Waals surface area contributed by atoms with Crippen LogP contribution in [0.2, 0.25) is 0 Å². The van der Waals surface area contributed by atoms with Crippen LogP contribution in [-0.2, 0) is 16.2 Å². The first-order valence-electron chi connectivity index (χ1n) is 21.0. The predicted molar refractivity (Wildman–Crippen MR) is 225 cm³/mol. The summed E-state index contributed by atoms with van der Waals surface area (Å²) in [5.41, 5.74) is 4.20. The molecular formula is C45H68N6O6. The lowest BCUT2D eigenvalue weighted by molar-refractivity contribution is -0.180. The number of ether oxygens (including phenoxy) is 1. The van der Waals surface area contributed by atoms with E-state index in [-0.39, 0.29) is 43.5 Å². The van der Waals surface area contributed by atoms with Crippen LogP contribution in [0, 0.1) is 35.0 Å². The van der Waals surface area contributed by atoms with Crippen LogP contribution in [0.5, 0.6) is 5.75 Å². The van der Waals surface area contributed by atoms with Crippen LogP contribution >= 0.6 is 0 Å². The molecule has 3 saturated carbocycles. The van der Waals surface area contributed by atoms with Crippen LogP contribution < -0.4 is 20.3 Å². The van der Waals surface area contributed by atoms with Crippen molar-refractivity contribution in [1.82, 2.24) is 20.6 Å². The number of aliphatic hydroxyl groups excluding tert-OH is 2. The molecule has 2 heterocycles. The molecule has 12 nitrogen and oxygen atoms in total. The van der Waals surface area contributed by atoms with E-state index in [0.29, 0.717) is 40.4 Å². The van der Waals surface area contributed by atoms with Gasteiger partial charge in [-0.15, -0.1) is 0 Å². The first-order chi connectivity index (χ1) is 27.1. The van der Waals surface area contributed by atoms with Crippen molar-refractivity contribution in [3.8, 4) is 16.9 Å². The summed E-state index contributed by atoms with van der Waals surface area (Å²) < 4.78 is 6.13. The monoisotopic (exact) mass is 789 g/mol. The van der Waals surface area contributed by atoms with Gasteiger partial charge in [0, 0.05) is 74.0 Å². The number of methoxy groups -OCH3 is 1. The third-order valence-corrected chi connectivity index (χ3v) is 13.7. The molecule has 314 valence electrons. The van der Waals surface area contributed by atoms with Gasteiger partial charge in [0.15, 0.2) is 0 Å². The fourth-order valence-electron chi connectivity index (χ4n) is 10.4. The van der Waals surface area contributed by atoms with E-state index in [1.807, 2.05) is 69.6 Å². The van der Waals surface area contributed by atoms with Crippen LogP contribution in [0.4, 0.5) is 5.69 Å². The normalized spacial score (nSPS) is 29.1. The lowest BCUT2D eigenvalue weighted by Gasteiger charge is -2.62. The zero-order valence-electron chi connectivity index (χ0n) is 35.7. The highest BCUT2D eigenvalue weighted by molar-refractivity contribution is 5.97. The Labute approximate surface area is 340 Å². The molecule has 10 atom stereocenters. The minimum absolute atomic E-state index is 0.0253. The summed E-state index contributed by atoms with van der Waals surface area (Å²) in [4.78, 5) is 42.8. The maximum atomic E-state index is 14.0. The molecule has 1 unspecified atom stereocenters. The summed E-state index contributed by atoms with van der Waals surface area (Å²) in [6.07, 6.45) is 5.78. The molecule has 3 aliphatic carbocycles. The van der Waals surface area contributed by atoms with E-state index in [9.17, 15) is 19.8 Å². The number of nitrogens with one attached hydrogen (secondary N) is 2. The lowest BCUT2D eigenvalue weighted by atomic mass is 9.45. The van der Waals surface area contributed by atoms with Gasteiger partial charge in [0.05, 0.1) is 32.4 Å². The second-order valence-corrected chi connectivity index (χ2v) is 18.4. The molecule has 2 aliphatic heterocycles. The molecule has 7 rings (SSSR count). The Hall–Kier alpha value is -3.55. The molecule has 12 heteroatoms. The van der Waals surface area contributed by atoms with Crippen LogP contribution in [0.25, 0.3) is 11.1 Å². The van der Waals surface area contributed by atoms with Crippen molar-refractivity contribution < 1.29 is 29.4 Å². The number of aliphatic imine (C=N–C) groups is 1. The molecule has 2 bridgehead atoms. The molecule has 1 saturated heterocycles. The quantitative estimate of drug-likeness (QED) is 0.185. The number of para-hydroxylation sites is 1. The molecule has 4 N–H and O–H groups in total. The van der Waals surface area contributed by atoms with E-state index in [4.69, 9.17) is 9.57 Å². The van der Waals surface area contributed by atoms with Gasteiger partial charge in [-0.2, -0.15) is 5.06 Å². The molecular weight excluding hydrogens is 721 g/mol. The smallest absolute Gasteiger partial charge is 0.251 e. The van der Waals surface area contributed by atoms with Crippen molar-refractivity contribution in [2.24, 2.45) is 40.0 Å². The molecule has 0 spiro atoms. The molecule has 0 radical (unpaired) electrons. The van der Waals surface area contributed by atoms with Gasteiger partial charge in [-0.1, -0.05) is 39.0 Å². The third kappa shape index (κ3) is 9.51. The van der Waals surface area contributed by atoms with Crippen molar-refractivity contribution in [2.75, 3.05) is 59.9 Å².